The molecule has 5 nitrogen and oxygen atoms in total. The summed E-state index contributed by atoms with van der Waals surface area (Å²) in [5.41, 5.74) is 5.50. The molecule has 2 aliphatic heterocycles. The van der Waals surface area contributed by atoms with E-state index in [-0.39, 0.29) is 0 Å². The minimum absolute atomic E-state index is 0.592. The molecule has 0 bridgehead atoms. The molecule has 1 aromatic carbocycles. The molecule has 2 fully saturated rings. The van der Waals surface area contributed by atoms with Gasteiger partial charge >= 0.3 is 0 Å². The summed E-state index contributed by atoms with van der Waals surface area (Å²) in [5, 5.41) is 0. The van der Waals surface area contributed by atoms with E-state index < -0.39 is 0 Å². The average molecular weight is 420 g/mol. The predicted molar refractivity (Wildman–Crippen MR) is 127 cm³/mol. The number of fused-ring (bicyclic) bond motifs is 1. The van der Waals surface area contributed by atoms with Gasteiger partial charge in [-0.15, -0.1) is 0 Å². The summed E-state index contributed by atoms with van der Waals surface area (Å²) >= 11 is 0. The van der Waals surface area contributed by atoms with Crippen molar-refractivity contribution in [2.45, 2.75) is 64.5 Å². The smallest absolute Gasteiger partial charge is 0.135 e. The van der Waals surface area contributed by atoms with E-state index in [1.165, 1.54) is 60.6 Å². The van der Waals surface area contributed by atoms with Gasteiger partial charge in [-0.3, -0.25) is 9.80 Å². The third-order valence-corrected chi connectivity index (χ3v) is 7.61. The molecule has 0 N–H and O–H groups in total. The van der Waals surface area contributed by atoms with Gasteiger partial charge in [0.2, 0.25) is 0 Å². The Balaban J connectivity index is 1.23. The van der Waals surface area contributed by atoms with Crippen molar-refractivity contribution in [3.63, 3.8) is 0 Å². The average Bonchev–Trinajstić information content (AvgIpc) is 2.96. The highest BCUT2D eigenvalue weighted by Crippen LogP contribution is 2.29. The van der Waals surface area contributed by atoms with Crippen molar-refractivity contribution in [2.75, 3.05) is 44.2 Å². The van der Waals surface area contributed by atoms with Crippen LogP contribution >= 0.6 is 0 Å². The van der Waals surface area contributed by atoms with Crippen molar-refractivity contribution in [1.82, 2.24) is 19.8 Å². The first-order valence-electron chi connectivity index (χ1n) is 12.3. The number of rotatable bonds is 5. The highest BCUT2D eigenvalue weighted by molar-refractivity contribution is 5.50. The fraction of sp³-hybridized carbons (Fsp3) is 0.615. The van der Waals surface area contributed by atoms with Crippen molar-refractivity contribution in [1.29, 1.82) is 0 Å². The molecule has 0 amide bonds. The van der Waals surface area contributed by atoms with Gasteiger partial charge in [0, 0.05) is 63.8 Å². The summed E-state index contributed by atoms with van der Waals surface area (Å²) < 4.78 is 0. The first-order valence-corrected chi connectivity index (χ1v) is 12.3. The van der Waals surface area contributed by atoms with Crippen LogP contribution < -0.4 is 4.90 Å². The summed E-state index contributed by atoms with van der Waals surface area (Å²) in [6.45, 7) is 12.3. The second kappa shape index (κ2) is 9.25. The highest BCUT2D eigenvalue weighted by Gasteiger charge is 2.29. The predicted octanol–water partition coefficient (Wildman–Crippen LogP) is 3.88. The first kappa shape index (κ1) is 20.9. The number of piperazine rings is 1. The van der Waals surface area contributed by atoms with Crippen molar-refractivity contribution >= 4 is 5.82 Å². The van der Waals surface area contributed by atoms with Gasteiger partial charge in [0.1, 0.15) is 12.1 Å². The SMILES string of the molecule is CC(C)c1ccc(CN2CCc3ncnc(N4CCN(C5CCC5)CC4)c3CC2)cc1. The second-order valence-corrected chi connectivity index (χ2v) is 9.90. The van der Waals surface area contributed by atoms with Crippen LogP contribution in [0.25, 0.3) is 0 Å². The summed E-state index contributed by atoms with van der Waals surface area (Å²) in [4.78, 5) is 17.3. The zero-order valence-electron chi connectivity index (χ0n) is 19.3. The van der Waals surface area contributed by atoms with Gasteiger partial charge in [0.25, 0.3) is 0 Å². The fourth-order valence-electron chi connectivity index (χ4n) is 5.30. The molecular weight excluding hydrogens is 382 g/mol. The number of hydrogen-bond acceptors (Lipinski definition) is 5. The van der Waals surface area contributed by atoms with Crippen LogP contribution in [0.5, 0.6) is 0 Å². The third kappa shape index (κ3) is 4.63. The molecule has 5 heteroatoms. The number of anilines is 1. The van der Waals surface area contributed by atoms with Gasteiger partial charge in [0.05, 0.1) is 5.69 Å². The molecule has 1 aliphatic carbocycles. The zero-order valence-corrected chi connectivity index (χ0v) is 19.3. The lowest BCUT2D eigenvalue weighted by molar-refractivity contribution is 0.120. The van der Waals surface area contributed by atoms with Crippen LogP contribution in [0.2, 0.25) is 0 Å². The van der Waals surface area contributed by atoms with Crippen LogP contribution in [0.1, 0.15) is 61.4 Å². The maximum Gasteiger partial charge on any atom is 0.135 e. The van der Waals surface area contributed by atoms with Crippen LogP contribution in [-0.4, -0.2) is 65.1 Å². The number of benzene rings is 1. The highest BCUT2D eigenvalue weighted by atomic mass is 15.3. The van der Waals surface area contributed by atoms with Crippen molar-refractivity contribution in [3.8, 4) is 0 Å². The second-order valence-electron chi connectivity index (χ2n) is 9.90. The Hall–Kier alpha value is -1.98. The molecule has 1 saturated carbocycles. The van der Waals surface area contributed by atoms with Crippen LogP contribution in [0.3, 0.4) is 0 Å². The van der Waals surface area contributed by atoms with E-state index in [0.717, 1.165) is 51.6 Å². The lowest BCUT2D eigenvalue weighted by Crippen LogP contribution is -2.52. The van der Waals surface area contributed by atoms with E-state index >= 15 is 0 Å². The van der Waals surface area contributed by atoms with E-state index in [9.17, 15) is 0 Å². The van der Waals surface area contributed by atoms with Crippen molar-refractivity contribution in [3.05, 3.63) is 53.0 Å². The lowest BCUT2D eigenvalue weighted by atomic mass is 9.91. The Morgan fingerprint density at radius 1 is 0.903 bits per heavy atom. The number of hydrogen-bond donors (Lipinski definition) is 0. The molecule has 31 heavy (non-hydrogen) atoms. The molecule has 166 valence electrons. The van der Waals surface area contributed by atoms with Crippen LogP contribution in [0.15, 0.2) is 30.6 Å². The van der Waals surface area contributed by atoms with E-state index in [4.69, 9.17) is 9.97 Å². The summed E-state index contributed by atoms with van der Waals surface area (Å²) in [5.74, 6) is 1.80. The molecule has 3 heterocycles. The lowest BCUT2D eigenvalue weighted by Gasteiger charge is -2.43. The summed E-state index contributed by atoms with van der Waals surface area (Å²) in [6.07, 6.45) is 8.10. The van der Waals surface area contributed by atoms with Gasteiger partial charge in [-0.1, -0.05) is 44.5 Å². The molecule has 0 atom stereocenters. The molecular formula is C26H37N5. The Morgan fingerprint density at radius 2 is 1.65 bits per heavy atom. The van der Waals surface area contributed by atoms with E-state index in [1.54, 1.807) is 6.33 Å². The molecule has 2 aromatic rings. The molecule has 1 saturated heterocycles. The normalized spacial score (nSPS) is 21.1. The Bertz CT molecular complexity index is 866. The molecule has 3 aliphatic rings. The monoisotopic (exact) mass is 419 g/mol. The maximum absolute atomic E-state index is 4.77. The van der Waals surface area contributed by atoms with E-state index in [1.807, 2.05) is 0 Å². The van der Waals surface area contributed by atoms with Gasteiger partial charge in [-0.05, 0) is 36.3 Å². The maximum atomic E-state index is 4.77. The van der Waals surface area contributed by atoms with Gasteiger partial charge in [0.15, 0.2) is 0 Å². The Labute approximate surface area is 187 Å². The van der Waals surface area contributed by atoms with Crippen LogP contribution in [0, 0.1) is 0 Å². The van der Waals surface area contributed by atoms with Gasteiger partial charge < -0.3 is 4.90 Å². The number of aromatic nitrogens is 2. The minimum atomic E-state index is 0.592. The van der Waals surface area contributed by atoms with Crippen LogP contribution in [-0.2, 0) is 19.4 Å². The Kier molecular flexibility index (Phi) is 6.24. The topological polar surface area (TPSA) is 35.5 Å². The number of nitrogens with zero attached hydrogens (tertiary/aromatic N) is 5. The molecule has 0 spiro atoms. The zero-order chi connectivity index (χ0) is 21.2. The van der Waals surface area contributed by atoms with Crippen molar-refractivity contribution in [2.24, 2.45) is 0 Å². The van der Waals surface area contributed by atoms with Gasteiger partial charge in [-0.2, -0.15) is 0 Å². The minimum Gasteiger partial charge on any atom is -0.354 e. The molecule has 1 aromatic heterocycles. The standard InChI is InChI=1S/C26H37N5/c1-20(2)22-8-6-21(7-9-22)18-29-12-10-24-25(11-13-29)27-19-28-26(24)31-16-14-30(15-17-31)23-4-3-5-23/h6-9,19-20,23H,3-5,10-18H2,1-2H3. The molecule has 0 radical (unpaired) electrons. The van der Waals surface area contributed by atoms with Crippen LogP contribution in [0.4, 0.5) is 5.82 Å². The first-order chi connectivity index (χ1) is 15.2. The quantitative estimate of drug-likeness (QED) is 0.735. The largest absolute Gasteiger partial charge is 0.354 e. The third-order valence-electron chi connectivity index (χ3n) is 7.61. The Morgan fingerprint density at radius 3 is 2.32 bits per heavy atom. The van der Waals surface area contributed by atoms with Crippen molar-refractivity contribution < 1.29 is 0 Å². The summed E-state index contributed by atoms with van der Waals surface area (Å²) in [6, 6.07) is 10.0. The van der Waals surface area contributed by atoms with Gasteiger partial charge in [-0.25, -0.2) is 9.97 Å². The fourth-order valence-corrected chi connectivity index (χ4v) is 5.30. The molecule has 5 rings (SSSR count). The van der Waals surface area contributed by atoms with E-state index in [0.29, 0.717) is 5.92 Å². The van der Waals surface area contributed by atoms with E-state index in [2.05, 4.69) is 52.8 Å². The molecule has 0 unspecified atom stereocenters. The summed E-state index contributed by atoms with van der Waals surface area (Å²) in [7, 11) is 0.